The largest absolute Gasteiger partial charge is 0.459 e. The third-order valence-corrected chi connectivity index (χ3v) is 2.28. The van der Waals surface area contributed by atoms with Gasteiger partial charge in [-0.05, 0) is 13.8 Å². The summed E-state index contributed by atoms with van der Waals surface area (Å²) in [4.78, 5) is 31.3. The second kappa shape index (κ2) is 5.61. The molecule has 108 valence electrons. The van der Waals surface area contributed by atoms with Crippen LogP contribution in [0.3, 0.4) is 0 Å². The molecule has 9 heteroatoms. The first kappa shape index (κ1) is 15.5. The van der Waals surface area contributed by atoms with Crippen molar-refractivity contribution in [2.45, 2.75) is 26.0 Å². The van der Waals surface area contributed by atoms with Crippen LogP contribution in [-0.2, 0) is 16.1 Å². The average molecular weight is 283 g/mol. The van der Waals surface area contributed by atoms with E-state index in [1.54, 1.807) is 0 Å². The maximum absolute atomic E-state index is 11.5. The molecular formula is C11H13N3O6. The zero-order valence-corrected chi connectivity index (χ0v) is 10.9. The van der Waals surface area contributed by atoms with E-state index in [9.17, 15) is 25.0 Å². The fraction of sp³-hybridized carbons (Fsp3) is 0.364. The first-order valence-corrected chi connectivity index (χ1v) is 5.50. The summed E-state index contributed by atoms with van der Waals surface area (Å²) in [6, 6.07) is 3.03. The zero-order valence-electron chi connectivity index (χ0n) is 10.9. The lowest BCUT2D eigenvalue weighted by atomic mass is 10.1. The van der Waals surface area contributed by atoms with Crippen LogP contribution >= 0.6 is 0 Å². The highest BCUT2D eigenvalue weighted by molar-refractivity contribution is 5.79. The number of ether oxygens (including phenoxy) is 1. The van der Waals surface area contributed by atoms with Crippen molar-refractivity contribution in [2.75, 3.05) is 0 Å². The standard InChI is InChI=1S/C11H13N3O6/c1-11(2,12)10(15)20-6-7-3-8(13(16)17)5-9(4-7)14(18)19/h3-5H,6,12H2,1-2H3. The molecule has 0 bridgehead atoms. The average Bonchev–Trinajstić information content (AvgIpc) is 2.34. The maximum atomic E-state index is 11.5. The molecule has 0 unspecified atom stereocenters. The first-order valence-electron chi connectivity index (χ1n) is 5.50. The van der Waals surface area contributed by atoms with Crippen LogP contribution in [0.1, 0.15) is 19.4 Å². The molecule has 0 heterocycles. The number of nitrogens with zero attached hydrogens (tertiary/aromatic N) is 2. The topological polar surface area (TPSA) is 139 Å². The van der Waals surface area contributed by atoms with E-state index < -0.39 is 32.7 Å². The summed E-state index contributed by atoms with van der Waals surface area (Å²) in [6.07, 6.45) is 0. The van der Waals surface area contributed by atoms with Gasteiger partial charge in [0.2, 0.25) is 0 Å². The molecule has 0 aliphatic rings. The molecule has 0 radical (unpaired) electrons. The Morgan fingerprint density at radius 1 is 1.20 bits per heavy atom. The lowest BCUT2D eigenvalue weighted by Gasteiger charge is -2.16. The van der Waals surface area contributed by atoms with Gasteiger partial charge in [0, 0.05) is 17.7 Å². The van der Waals surface area contributed by atoms with E-state index in [1.807, 2.05) is 0 Å². The Hall–Kier alpha value is -2.55. The van der Waals surface area contributed by atoms with E-state index in [0.717, 1.165) is 18.2 Å². The number of nitro benzene ring substituents is 2. The van der Waals surface area contributed by atoms with Crippen LogP contribution < -0.4 is 5.73 Å². The van der Waals surface area contributed by atoms with Gasteiger partial charge in [0.05, 0.1) is 15.9 Å². The summed E-state index contributed by atoms with van der Waals surface area (Å²) in [5.41, 5.74) is 3.54. The molecule has 1 aromatic carbocycles. The molecule has 9 nitrogen and oxygen atoms in total. The Kier molecular flexibility index (Phi) is 4.35. The molecule has 0 aliphatic carbocycles. The fourth-order valence-corrected chi connectivity index (χ4v) is 1.29. The summed E-state index contributed by atoms with van der Waals surface area (Å²) >= 11 is 0. The monoisotopic (exact) mass is 283 g/mol. The lowest BCUT2D eigenvalue weighted by Crippen LogP contribution is -2.42. The molecular weight excluding hydrogens is 270 g/mol. The summed E-state index contributed by atoms with van der Waals surface area (Å²) < 4.78 is 4.85. The van der Waals surface area contributed by atoms with E-state index in [0.29, 0.717) is 0 Å². The van der Waals surface area contributed by atoms with Crippen molar-refractivity contribution in [3.05, 3.63) is 44.0 Å². The van der Waals surface area contributed by atoms with E-state index >= 15 is 0 Å². The van der Waals surface area contributed by atoms with Gasteiger partial charge < -0.3 is 10.5 Å². The third-order valence-electron chi connectivity index (χ3n) is 2.28. The number of esters is 1. The molecule has 0 aromatic heterocycles. The van der Waals surface area contributed by atoms with Gasteiger partial charge in [-0.15, -0.1) is 0 Å². The highest BCUT2D eigenvalue weighted by atomic mass is 16.6. The van der Waals surface area contributed by atoms with Crippen LogP contribution in [0.2, 0.25) is 0 Å². The van der Waals surface area contributed by atoms with Crippen molar-refractivity contribution in [1.82, 2.24) is 0 Å². The van der Waals surface area contributed by atoms with Gasteiger partial charge in [0.1, 0.15) is 12.1 Å². The van der Waals surface area contributed by atoms with Crippen LogP contribution in [0, 0.1) is 20.2 Å². The number of nitro groups is 2. The Labute approximate surface area is 113 Å². The third kappa shape index (κ3) is 3.99. The normalized spacial score (nSPS) is 10.9. The van der Waals surface area contributed by atoms with Crippen LogP contribution in [0.5, 0.6) is 0 Å². The minimum Gasteiger partial charge on any atom is -0.459 e. The van der Waals surface area contributed by atoms with Crippen molar-refractivity contribution in [1.29, 1.82) is 0 Å². The number of carbonyl (C=O) groups is 1. The molecule has 0 aliphatic heterocycles. The van der Waals surface area contributed by atoms with Crippen LogP contribution in [0.15, 0.2) is 18.2 Å². The minimum atomic E-state index is -1.22. The SMILES string of the molecule is CC(C)(N)C(=O)OCc1cc([N+](=O)[O-])cc([N+](=O)[O-])c1. The number of benzene rings is 1. The fourth-order valence-electron chi connectivity index (χ4n) is 1.29. The molecule has 0 fully saturated rings. The number of hydrogen-bond acceptors (Lipinski definition) is 7. The molecule has 20 heavy (non-hydrogen) atoms. The van der Waals surface area contributed by atoms with Gasteiger partial charge in [0.15, 0.2) is 0 Å². The highest BCUT2D eigenvalue weighted by Crippen LogP contribution is 2.23. The quantitative estimate of drug-likeness (QED) is 0.487. The van der Waals surface area contributed by atoms with Gasteiger partial charge in [0.25, 0.3) is 11.4 Å². The zero-order chi connectivity index (χ0) is 15.5. The molecule has 0 atom stereocenters. The number of hydrogen-bond donors (Lipinski definition) is 1. The number of carbonyl (C=O) groups excluding carboxylic acids is 1. The molecule has 0 amide bonds. The Balaban J connectivity index is 2.98. The van der Waals surface area contributed by atoms with Crippen LogP contribution in [-0.4, -0.2) is 21.4 Å². The number of non-ortho nitro benzene ring substituents is 2. The molecule has 1 rings (SSSR count). The maximum Gasteiger partial charge on any atom is 0.325 e. The van der Waals surface area contributed by atoms with Crippen molar-refractivity contribution in [3.8, 4) is 0 Å². The number of nitrogens with two attached hydrogens (primary N) is 1. The van der Waals surface area contributed by atoms with Gasteiger partial charge >= 0.3 is 5.97 Å². The number of rotatable bonds is 5. The van der Waals surface area contributed by atoms with E-state index in [4.69, 9.17) is 10.5 Å². The summed E-state index contributed by atoms with van der Waals surface area (Å²) in [6.45, 7) is 2.54. The molecule has 0 saturated heterocycles. The molecule has 0 spiro atoms. The van der Waals surface area contributed by atoms with Crippen molar-refractivity contribution in [2.24, 2.45) is 5.73 Å². The Morgan fingerprint density at radius 2 is 1.65 bits per heavy atom. The van der Waals surface area contributed by atoms with Crippen molar-refractivity contribution < 1.29 is 19.4 Å². The van der Waals surface area contributed by atoms with Gasteiger partial charge in [-0.1, -0.05) is 0 Å². The molecule has 1 aromatic rings. The van der Waals surface area contributed by atoms with Crippen molar-refractivity contribution >= 4 is 17.3 Å². The molecule has 0 saturated carbocycles. The van der Waals surface area contributed by atoms with Gasteiger partial charge in [-0.25, -0.2) is 0 Å². The summed E-state index contributed by atoms with van der Waals surface area (Å²) in [5, 5.41) is 21.4. The Bertz CT molecular complexity index is 532. The second-order valence-corrected chi connectivity index (χ2v) is 4.67. The predicted molar refractivity (Wildman–Crippen MR) is 67.8 cm³/mol. The molecule has 2 N–H and O–H groups in total. The predicted octanol–water partition coefficient (Wildman–Crippen LogP) is 1.28. The second-order valence-electron chi connectivity index (χ2n) is 4.67. The van der Waals surface area contributed by atoms with Gasteiger partial charge in [-0.2, -0.15) is 0 Å². The minimum absolute atomic E-state index is 0.142. The van der Waals surface area contributed by atoms with Crippen molar-refractivity contribution in [3.63, 3.8) is 0 Å². The first-order chi connectivity index (χ1) is 9.11. The van der Waals surface area contributed by atoms with Crippen LogP contribution in [0.25, 0.3) is 0 Å². The summed E-state index contributed by atoms with van der Waals surface area (Å²) in [5.74, 6) is -0.716. The van der Waals surface area contributed by atoms with E-state index in [-0.39, 0.29) is 12.2 Å². The van der Waals surface area contributed by atoms with Gasteiger partial charge in [-0.3, -0.25) is 25.0 Å². The lowest BCUT2D eigenvalue weighted by molar-refractivity contribution is -0.394. The van der Waals surface area contributed by atoms with E-state index in [1.165, 1.54) is 13.8 Å². The Morgan fingerprint density at radius 3 is 2.00 bits per heavy atom. The van der Waals surface area contributed by atoms with E-state index in [2.05, 4.69) is 0 Å². The smallest absolute Gasteiger partial charge is 0.325 e. The van der Waals surface area contributed by atoms with Crippen LogP contribution in [0.4, 0.5) is 11.4 Å². The highest BCUT2D eigenvalue weighted by Gasteiger charge is 2.24. The summed E-state index contributed by atoms with van der Waals surface area (Å²) in [7, 11) is 0.